The summed E-state index contributed by atoms with van der Waals surface area (Å²) in [5.41, 5.74) is 0.492. The number of esters is 1. The Morgan fingerprint density at radius 1 is 1.28 bits per heavy atom. The first-order chi connectivity index (χ1) is 12.0. The van der Waals surface area contributed by atoms with Crippen molar-refractivity contribution in [1.82, 2.24) is 0 Å². The molecule has 0 atom stereocenters. The number of ether oxygens (including phenoxy) is 3. The van der Waals surface area contributed by atoms with Gasteiger partial charge in [0.2, 0.25) is 0 Å². The van der Waals surface area contributed by atoms with E-state index < -0.39 is 16.6 Å². The zero-order valence-corrected chi connectivity index (χ0v) is 12.8. The number of fused-ring (bicyclic) bond motifs is 1. The smallest absolute Gasteiger partial charge is 0.342 e. The van der Waals surface area contributed by atoms with Gasteiger partial charge in [-0.1, -0.05) is 0 Å². The number of phenols is 2. The summed E-state index contributed by atoms with van der Waals surface area (Å²) >= 11 is 0. The van der Waals surface area contributed by atoms with Crippen LogP contribution in [0.15, 0.2) is 30.3 Å². The zero-order valence-electron chi connectivity index (χ0n) is 12.8. The highest BCUT2D eigenvalue weighted by Gasteiger charge is 2.22. The Balaban J connectivity index is 1.83. The number of aromatic hydroxyl groups is 2. The second-order valence-corrected chi connectivity index (χ2v) is 5.24. The molecule has 0 saturated carbocycles. The van der Waals surface area contributed by atoms with Crippen molar-refractivity contribution < 1.29 is 34.1 Å². The number of rotatable bonds is 4. The van der Waals surface area contributed by atoms with Crippen LogP contribution in [-0.4, -0.2) is 27.9 Å². The molecule has 9 nitrogen and oxygen atoms in total. The minimum Gasteiger partial charge on any atom is -0.508 e. The number of nitrogens with zero attached hydrogens (tertiary/aromatic N) is 1. The van der Waals surface area contributed by atoms with E-state index in [1.54, 1.807) is 0 Å². The first kappa shape index (κ1) is 16.5. The van der Waals surface area contributed by atoms with Gasteiger partial charge in [0, 0.05) is 29.3 Å². The quantitative estimate of drug-likeness (QED) is 0.489. The van der Waals surface area contributed by atoms with Crippen molar-refractivity contribution >= 4 is 11.7 Å². The fraction of sp³-hybridized carbons (Fsp3) is 0.188. The third-order valence-electron chi connectivity index (χ3n) is 3.54. The maximum atomic E-state index is 12.1. The molecule has 25 heavy (non-hydrogen) atoms. The third-order valence-corrected chi connectivity index (χ3v) is 3.54. The first-order valence-corrected chi connectivity index (χ1v) is 7.15. The highest BCUT2D eigenvalue weighted by atomic mass is 16.7. The summed E-state index contributed by atoms with van der Waals surface area (Å²) in [4.78, 5) is 22.5. The van der Waals surface area contributed by atoms with E-state index in [0.29, 0.717) is 16.9 Å². The van der Waals surface area contributed by atoms with Gasteiger partial charge >= 0.3 is 5.97 Å². The fourth-order valence-corrected chi connectivity index (χ4v) is 2.41. The molecule has 2 aromatic carbocycles. The van der Waals surface area contributed by atoms with E-state index in [-0.39, 0.29) is 37.0 Å². The zero-order chi connectivity index (χ0) is 18.0. The number of hydrogen-bond donors (Lipinski definition) is 2. The molecule has 0 amide bonds. The predicted molar refractivity (Wildman–Crippen MR) is 82.3 cm³/mol. The Labute approximate surface area is 141 Å². The number of hydrogen-bond acceptors (Lipinski definition) is 8. The van der Waals surface area contributed by atoms with Crippen LogP contribution in [0.5, 0.6) is 17.2 Å². The highest BCUT2D eigenvalue weighted by molar-refractivity contribution is 5.92. The summed E-state index contributed by atoms with van der Waals surface area (Å²) in [6, 6.07) is 6.04. The van der Waals surface area contributed by atoms with Crippen LogP contribution in [-0.2, 0) is 22.7 Å². The molecular formula is C16H13NO8. The summed E-state index contributed by atoms with van der Waals surface area (Å²) in [6.45, 7) is -0.148. The maximum absolute atomic E-state index is 12.1. The van der Waals surface area contributed by atoms with Crippen LogP contribution in [0.2, 0.25) is 0 Å². The molecule has 1 aliphatic rings. The van der Waals surface area contributed by atoms with Gasteiger partial charge in [-0.05, 0) is 12.1 Å². The molecule has 0 aromatic heterocycles. The SMILES string of the molecule is O=C(OCc1cc([N+](=O)[O-])cc2c1OCOC2)c1ccc(O)cc1O. The van der Waals surface area contributed by atoms with Gasteiger partial charge in [-0.15, -0.1) is 0 Å². The number of nitro groups is 1. The Morgan fingerprint density at radius 3 is 2.80 bits per heavy atom. The van der Waals surface area contributed by atoms with Gasteiger partial charge < -0.3 is 24.4 Å². The van der Waals surface area contributed by atoms with E-state index in [1.807, 2.05) is 0 Å². The number of carbonyl (C=O) groups excluding carboxylic acids is 1. The van der Waals surface area contributed by atoms with Crippen molar-refractivity contribution in [2.24, 2.45) is 0 Å². The van der Waals surface area contributed by atoms with Gasteiger partial charge in [-0.3, -0.25) is 10.1 Å². The number of non-ortho nitro benzene ring substituents is 1. The fourth-order valence-electron chi connectivity index (χ4n) is 2.41. The van der Waals surface area contributed by atoms with E-state index in [2.05, 4.69) is 0 Å². The van der Waals surface area contributed by atoms with Gasteiger partial charge in [-0.25, -0.2) is 4.79 Å². The largest absolute Gasteiger partial charge is 0.508 e. The summed E-state index contributed by atoms with van der Waals surface area (Å²) in [5.74, 6) is -1.10. The topological polar surface area (TPSA) is 128 Å². The van der Waals surface area contributed by atoms with Crippen LogP contribution < -0.4 is 4.74 Å². The van der Waals surface area contributed by atoms with Crippen LogP contribution in [0, 0.1) is 10.1 Å². The first-order valence-electron chi connectivity index (χ1n) is 7.15. The van der Waals surface area contributed by atoms with Crippen molar-refractivity contribution in [1.29, 1.82) is 0 Å². The van der Waals surface area contributed by atoms with Gasteiger partial charge in [0.15, 0.2) is 6.79 Å². The summed E-state index contributed by atoms with van der Waals surface area (Å²) in [6.07, 6.45) is 0. The lowest BCUT2D eigenvalue weighted by Gasteiger charge is -2.20. The molecule has 0 bridgehead atoms. The number of benzene rings is 2. The third kappa shape index (κ3) is 3.45. The van der Waals surface area contributed by atoms with E-state index in [1.165, 1.54) is 24.3 Å². The maximum Gasteiger partial charge on any atom is 0.342 e. The molecule has 0 radical (unpaired) electrons. The van der Waals surface area contributed by atoms with Gasteiger partial charge in [0.1, 0.15) is 29.4 Å². The van der Waals surface area contributed by atoms with Crippen molar-refractivity contribution in [2.75, 3.05) is 6.79 Å². The molecule has 2 N–H and O–H groups in total. The highest BCUT2D eigenvalue weighted by Crippen LogP contribution is 2.33. The van der Waals surface area contributed by atoms with Crippen molar-refractivity contribution in [2.45, 2.75) is 13.2 Å². The van der Waals surface area contributed by atoms with Gasteiger partial charge in [0.05, 0.1) is 11.5 Å². The standard InChI is InChI=1S/C16H13NO8/c18-12-1-2-13(14(19)5-12)16(20)24-7-10-4-11(17(21)22)3-9-6-23-8-25-15(9)10/h1-5,18-19H,6-8H2. The second-order valence-electron chi connectivity index (χ2n) is 5.24. The Kier molecular flexibility index (Phi) is 4.40. The lowest BCUT2D eigenvalue weighted by Crippen LogP contribution is -2.15. The Bertz CT molecular complexity index is 848. The molecule has 1 heterocycles. The van der Waals surface area contributed by atoms with Crippen molar-refractivity contribution in [3.63, 3.8) is 0 Å². The summed E-state index contributed by atoms with van der Waals surface area (Å²) < 4.78 is 15.6. The average Bonchev–Trinajstić information content (AvgIpc) is 2.59. The lowest BCUT2D eigenvalue weighted by atomic mass is 10.1. The predicted octanol–water partition coefficient (Wildman–Crippen LogP) is 2.23. The molecule has 0 aliphatic carbocycles. The average molecular weight is 347 g/mol. The van der Waals surface area contributed by atoms with Crippen LogP contribution in [0.3, 0.4) is 0 Å². The second kappa shape index (κ2) is 6.65. The van der Waals surface area contributed by atoms with E-state index in [0.717, 1.165) is 6.07 Å². The minimum absolute atomic E-state index is 0.00942. The molecule has 0 unspecified atom stereocenters. The molecular weight excluding hydrogens is 334 g/mol. The summed E-state index contributed by atoms with van der Waals surface area (Å²) in [7, 11) is 0. The number of phenolic OH excluding ortho intramolecular Hbond substituents is 2. The minimum atomic E-state index is -0.843. The molecule has 0 fully saturated rings. The van der Waals surface area contributed by atoms with Crippen molar-refractivity contribution in [3.8, 4) is 17.2 Å². The van der Waals surface area contributed by atoms with E-state index in [4.69, 9.17) is 14.2 Å². The van der Waals surface area contributed by atoms with E-state index >= 15 is 0 Å². The van der Waals surface area contributed by atoms with Crippen LogP contribution in [0.1, 0.15) is 21.5 Å². The molecule has 0 spiro atoms. The number of nitro benzene ring substituents is 1. The Hall–Kier alpha value is -3.33. The van der Waals surface area contributed by atoms with Crippen LogP contribution >= 0.6 is 0 Å². The van der Waals surface area contributed by atoms with Gasteiger partial charge in [0.25, 0.3) is 5.69 Å². The molecule has 1 aliphatic heterocycles. The van der Waals surface area contributed by atoms with Crippen molar-refractivity contribution in [3.05, 3.63) is 57.1 Å². The molecule has 0 saturated heterocycles. The molecule has 3 rings (SSSR count). The summed E-state index contributed by atoms with van der Waals surface area (Å²) in [5, 5.41) is 29.9. The molecule has 130 valence electrons. The molecule has 9 heteroatoms. The van der Waals surface area contributed by atoms with Crippen LogP contribution in [0.25, 0.3) is 0 Å². The molecule has 2 aromatic rings. The van der Waals surface area contributed by atoms with E-state index in [9.17, 15) is 25.1 Å². The number of carbonyl (C=O) groups is 1. The Morgan fingerprint density at radius 2 is 2.08 bits per heavy atom. The lowest BCUT2D eigenvalue weighted by molar-refractivity contribution is -0.385. The van der Waals surface area contributed by atoms with Gasteiger partial charge in [-0.2, -0.15) is 0 Å². The monoisotopic (exact) mass is 347 g/mol. The van der Waals surface area contributed by atoms with Crippen LogP contribution in [0.4, 0.5) is 5.69 Å². The normalized spacial score (nSPS) is 12.8.